The van der Waals surface area contributed by atoms with Crippen LogP contribution in [-0.4, -0.2) is 7.05 Å². The Morgan fingerprint density at radius 3 is 2.33 bits per heavy atom. The average molecular weight is 267 g/mol. The van der Waals surface area contributed by atoms with E-state index in [4.69, 9.17) is 0 Å². The van der Waals surface area contributed by atoms with Crippen LogP contribution in [0.5, 0.6) is 0 Å². The second-order valence-electron chi connectivity index (χ2n) is 5.24. The largest absolute Gasteiger partial charge is 0.313 e. The van der Waals surface area contributed by atoms with Gasteiger partial charge in [-0.2, -0.15) is 0 Å². The van der Waals surface area contributed by atoms with Crippen molar-refractivity contribution in [2.45, 2.75) is 71.3 Å². The Morgan fingerprint density at radius 1 is 1.11 bits per heavy atom. The molecule has 18 heavy (non-hydrogen) atoms. The third kappa shape index (κ3) is 6.01. The van der Waals surface area contributed by atoms with Crippen LogP contribution in [0, 0.1) is 6.92 Å². The highest BCUT2D eigenvalue weighted by Gasteiger charge is 2.09. The van der Waals surface area contributed by atoms with Crippen LogP contribution in [0.1, 0.15) is 74.8 Å². The molecule has 0 aromatic carbocycles. The van der Waals surface area contributed by atoms with Crippen LogP contribution in [-0.2, 0) is 0 Å². The lowest BCUT2D eigenvalue weighted by atomic mass is 10.0. The molecule has 0 aliphatic heterocycles. The maximum Gasteiger partial charge on any atom is 0.0325 e. The lowest BCUT2D eigenvalue weighted by molar-refractivity contribution is 0.496. The molecular formula is C16H29NS. The average Bonchev–Trinajstić information content (AvgIpc) is 2.79. The molecule has 104 valence electrons. The standard InChI is InChI=1S/C16H29NS/c1-4-5-6-7-8-9-10-11-16(17-3)15-12-14(2)18-13-15/h12-13,16-17H,4-11H2,1-3H3. The van der Waals surface area contributed by atoms with Crippen LogP contribution in [0.2, 0.25) is 0 Å². The van der Waals surface area contributed by atoms with E-state index in [9.17, 15) is 0 Å². The molecule has 0 fully saturated rings. The summed E-state index contributed by atoms with van der Waals surface area (Å²) in [6.45, 7) is 4.47. The summed E-state index contributed by atoms with van der Waals surface area (Å²) in [5.41, 5.74) is 1.48. The summed E-state index contributed by atoms with van der Waals surface area (Å²) >= 11 is 1.86. The molecule has 0 saturated carbocycles. The molecule has 0 aliphatic rings. The van der Waals surface area contributed by atoms with Crippen molar-refractivity contribution in [3.8, 4) is 0 Å². The first-order valence-electron chi connectivity index (χ1n) is 7.50. The highest BCUT2D eigenvalue weighted by atomic mass is 32.1. The molecule has 1 aromatic rings. The number of unbranched alkanes of at least 4 members (excludes halogenated alkanes) is 6. The fourth-order valence-electron chi connectivity index (χ4n) is 2.43. The minimum atomic E-state index is 0.561. The Balaban J connectivity index is 2.13. The monoisotopic (exact) mass is 267 g/mol. The SMILES string of the molecule is CCCCCCCCCC(NC)c1csc(C)c1. The zero-order chi connectivity index (χ0) is 13.2. The molecule has 1 unspecified atom stereocenters. The first-order valence-corrected chi connectivity index (χ1v) is 8.38. The highest BCUT2D eigenvalue weighted by molar-refractivity contribution is 7.10. The number of rotatable bonds is 10. The van der Waals surface area contributed by atoms with Gasteiger partial charge in [0.05, 0.1) is 0 Å². The Morgan fingerprint density at radius 2 is 1.78 bits per heavy atom. The van der Waals surface area contributed by atoms with Crippen LogP contribution in [0.3, 0.4) is 0 Å². The smallest absolute Gasteiger partial charge is 0.0325 e. The Labute approximate surface area is 117 Å². The minimum Gasteiger partial charge on any atom is -0.313 e. The van der Waals surface area contributed by atoms with E-state index in [2.05, 4.69) is 37.7 Å². The molecular weight excluding hydrogens is 238 g/mol. The van der Waals surface area contributed by atoms with Crippen molar-refractivity contribution >= 4 is 11.3 Å². The third-order valence-electron chi connectivity index (χ3n) is 3.60. The Bertz CT molecular complexity index is 306. The van der Waals surface area contributed by atoms with E-state index >= 15 is 0 Å². The molecule has 1 aromatic heterocycles. The van der Waals surface area contributed by atoms with Gasteiger partial charge >= 0.3 is 0 Å². The van der Waals surface area contributed by atoms with Crippen LogP contribution in [0.25, 0.3) is 0 Å². The molecule has 0 spiro atoms. The first-order chi connectivity index (χ1) is 8.77. The molecule has 0 saturated heterocycles. The topological polar surface area (TPSA) is 12.0 Å². The Kier molecular flexibility index (Phi) is 8.36. The summed E-state index contributed by atoms with van der Waals surface area (Å²) in [6.07, 6.45) is 11.1. The molecule has 0 radical (unpaired) electrons. The van der Waals surface area contributed by atoms with Gasteiger partial charge in [0.25, 0.3) is 0 Å². The number of nitrogens with one attached hydrogen (secondary N) is 1. The lowest BCUT2D eigenvalue weighted by Gasteiger charge is -2.14. The molecule has 0 amide bonds. The lowest BCUT2D eigenvalue weighted by Crippen LogP contribution is -2.15. The third-order valence-corrected chi connectivity index (χ3v) is 4.48. The van der Waals surface area contributed by atoms with E-state index < -0.39 is 0 Å². The maximum atomic E-state index is 3.45. The van der Waals surface area contributed by atoms with E-state index in [1.807, 2.05) is 11.3 Å². The summed E-state index contributed by atoms with van der Waals surface area (Å²) < 4.78 is 0. The summed E-state index contributed by atoms with van der Waals surface area (Å²) in [6, 6.07) is 2.89. The molecule has 1 atom stereocenters. The molecule has 1 heterocycles. The zero-order valence-electron chi connectivity index (χ0n) is 12.3. The van der Waals surface area contributed by atoms with Gasteiger partial charge in [-0.15, -0.1) is 11.3 Å². The maximum absolute atomic E-state index is 3.45. The fourth-order valence-corrected chi connectivity index (χ4v) is 3.19. The molecule has 1 N–H and O–H groups in total. The quantitative estimate of drug-likeness (QED) is 0.555. The fraction of sp³-hybridized carbons (Fsp3) is 0.750. The van der Waals surface area contributed by atoms with Crippen molar-refractivity contribution in [1.82, 2.24) is 5.32 Å². The second-order valence-corrected chi connectivity index (χ2v) is 6.36. The normalized spacial score (nSPS) is 12.8. The van der Waals surface area contributed by atoms with E-state index in [1.165, 1.54) is 61.8 Å². The summed E-state index contributed by atoms with van der Waals surface area (Å²) in [7, 11) is 2.08. The molecule has 1 nitrogen and oxygen atoms in total. The highest BCUT2D eigenvalue weighted by Crippen LogP contribution is 2.24. The van der Waals surface area contributed by atoms with Gasteiger partial charge in [-0.25, -0.2) is 0 Å². The zero-order valence-corrected chi connectivity index (χ0v) is 13.1. The van der Waals surface area contributed by atoms with Crippen molar-refractivity contribution in [3.05, 3.63) is 21.9 Å². The van der Waals surface area contributed by atoms with Crippen LogP contribution in [0.15, 0.2) is 11.4 Å². The van der Waals surface area contributed by atoms with Crippen LogP contribution >= 0.6 is 11.3 Å². The summed E-state index contributed by atoms with van der Waals surface area (Å²) in [5.74, 6) is 0. The van der Waals surface area contributed by atoms with Crippen molar-refractivity contribution < 1.29 is 0 Å². The van der Waals surface area contributed by atoms with Crippen LogP contribution in [0.4, 0.5) is 0 Å². The summed E-state index contributed by atoms with van der Waals surface area (Å²) in [4.78, 5) is 1.42. The van der Waals surface area contributed by atoms with Crippen molar-refractivity contribution in [3.63, 3.8) is 0 Å². The van der Waals surface area contributed by atoms with Gasteiger partial charge in [0.2, 0.25) is 0 Å². The van der Waals surface area contributed by atoms with Crippen molar-refractivity contribution in [1.29, 1.82) is 0 Å². The molecule has 0 bridgehead atoms. The number of thiophene rings is 1. The van der Waals surface area contributed by atoms with Gasteiger partial charge in [-0.1, -0.05) is 51.9 Å². The van der Waals surface area contributed by atoms with E-state index in [0.717, 1.165) is 0 Å². The molecule has 0 aliphatic carbocycles. The van der Waals surface area contributed by atoms with E-state index in [1.54, 1.807) is 0 Å². The molecule has 1 rings (SSSR count). The number of hydrogen-bond donors (Lipinski definition) is 1. The number of aryl methyl sites for hydroxylation is 1. The van der Waals surface area contributed by atoms with Gasteiger partial charge in [-0.3, -0.25) is 0 Å². The second kappa shape index (κ2) is 9.57. The van der Waals surface area contributed by atoms with Crippen molar-refractivity contribution in [2.24, 2.45) is 0 Å². The minimum absolute atomic E-state index is 0.561. The molecule has 2 heteroatoms. The number of hydrogen-bond acceptors (Lipinski definition) is 2. The predicted molar refractivity (Wildman–Crippen MR) is 83.5 cm³/mol. The van der Waals surface area contributed by atoms with E-state index in [-0.39, 0.29) is 0 Å². The van der Waals surface area contributed by atoms with E-state index in [0.29, 0.717) is 6.04 Å². The van der Waals surface area contributed by atoms with Gasteiger partial charge in [0.1, 0.15) is 0 Å². The van der Waals surface area contributed by atoms with Gasteiger partial charge in [0.15, 0.2) is 0 Å². The van der Waals surface area contributed by atoms with Gasteiger partial charge in [0, 0.05) is 10.9 Å². The Hall–Kier alpha value is -0.340. The summed E-state index contributed by atoms with van der Waals surface area (Å²) in [5, 5.41) is 5.75. The first kappa shape index (κ1) is 15.7. The predicted octanol–water partition coefficient (Wildman–Crippen LogP) is 5.46. The van der Waals surface area contributed by atoms with Gasteiger partial charge in [-0.05, 0) is 37.4 Å². The van der Waals surface area contributed by atoms with Crippen molar-refractivity contribution in [2.75, 3.05) is 7.05 Å². The van der Waals surface area contributed by atoms with Crippen LogP contribution < -0.4 is 5.32 Å². The van der Waals surface area contributed by atoms with Gasteiger partial charge < -0.3 is 5.32 Å².